The maximum absolute atomic E-state index is 12.8. The molecule has 3 aliphatic heterocycles. The summed E-state index contributed by atoms with van der Waals surface area (Å²) in [5.41, 5.74) is 3.73. The fourth-order valence-corrected chi connectivity index (χ4v) is 8.48. The van der Waals surface area contributed by atoms with Gasteiger partial charge in [0.25, 0.3) is 0 Å². The van der Waals surface area contributed by atoms with E-state index in [0.29, 0.717) is 42.3 Å². The summed E-state index contributed by atoms with van der Waals surface area (Å²) >= 11 is 2.99. The van der Waals surface area contributed by atoms with Gasteiger partial charge in [0.15, 0.2) is 10.9 Å². The number of nitrogens with zero attached hydrogens (tertiary/aromatic N) is 9. The second-order valence-corrected chi connectivity index (χ2v) is 13.6. The average molecular weight is 618 g/mol. The molecule has 0 radical (unpaired) electrons. The number of rotatable bonds is 7. The zero-order valence-corrected chi connectivity index (χ0v) is 26.2. The molecule has 1 aromatic carbocycles. The Kier molecular flexibility index (Phi) is 7.33. The van der Waals surface area contributed by atoms with E-state index in [2.05, 4.69) is 22.8 Å². The van der Waals surface area contributed by atoms with Gasteiger partial charge in [0.2, 0.25) is 16.0 Å². The second kappa shape index (κ2) is 11.2. The Balaban J connectivity index is 1.15. The Labute approximate surface area is 258 Å². The van der Waals surface area contributed by atoms with Crippen LogP contribution in [0.5, 0.6) is 0 Å². The number of imidazole rings is 1. The molecule has 13 heteroatoms. The third kappa shape index (κ3) is 4.96. The van der Waals surface area contributed by atoms with Crippen molar-refractivity contribution in [3.05, 3.63) is 40.4 Å². The van der Waals surface area contributed by atoms with Crippen LogP contribution in [0.1, 0.15) is 42.3 Å². The van der Waals surface area contributed by atoms with Crippen LogP contribution in [0.25, 0.3) is 16.2 Å². The summed E-state index contributed by atoms with van der Waals surface area (Å²) in [6.45, 7) is 7.28. The number of nitriles is 1. The molecule has 0 bridgehead atoms. The van der Waals surface area contributed by atoms with Gasteiger partial charge in [-0.15, -0.1) is 5.10 Å². The Bertz CT molecular complexity index is 1700. The molecule has 3 fully saturated rings. The lowest BCUT2D eigenvalue weighted by molar-refractivity contribution is -0.143. The number of carbonyl (C=O) groups is 1. The summed E-state index contributed by atoms with van der Waals surface area (Å²) < 4.78 is 1.93. The average Bonchev–Trinajstić information content (AvgIpc) is 3.77. The van der Waals surface area contributed by atoms with Crippen LogP contribution in [0.2, 0.25) is 0 Å². The number of amides is 1. The van der Waals surface area contributed by atoms with E-state index < -0.39 is 0 Å². The SMILES string of the molecule is CCc1nc2sc(N3CCC4C3CCCN4CC(=O)N3CC(O)C3)nn2c1N(C)c1nc(-c2ccc(C)cc2)c(C#N)s1. The van der Waals surface area contributed by atoms with Crippen molar-refractivity contribution in [1.29, 1.82) is 5.26 Å². The lowest BCUT2D eigenvalue weighted by atomic mass is 9.97. The molecule has 0 aliphatic carbocycles. The fourth-order valence-electron chi connectivity index (χ4n) is 6.63. The number of piperidine rings is 1. The highest BCUT2D eigenvalue weighted by Crippen LogP contribution is 2.40. The first-order valence-electron chi connectivity index (χ1n) is 14.9. The van der Waals surface area contributed by atoms with E-state index in [0.717, 1.165) is 76.6 Å². The topological polar surface area (TPSA) is 117 Å². The van der Waals surface area contributed by atoms with Crippen LogP contribution in [0, 0.1) is 18.3 Å². The van der Waals surface area contributed by atoms with E-state index in [1.807, 2.05) is 47.7 Å². The number of aromatic nitrogens is 4. The Morgan fingerprint density at radius 3 is 2.65 bits per heavy atom. The normalized spacial score (nSPS) is 20.8. The van der Waals surface area contributed by atoms with Gasteiger partial charge in [-0.3, -0.25) is 9.69 Å². The number of hydrogen-bond donors (Lipinski definition) is 1. The number of benzene rings is 1. The number of hydrogen-bond acceptors (Lipinski definition) is 11. The van der Waals surface area contributed by atoms with Gasteiger partial charge < -0.3 is 19.8 Å². The molecule has 1 amide bonds. The van der Waals surface area contributed by atoms with Crippen LogP contribution >= 0.6 is 22.7 Å². The molecule has 7 rings (SSSR count). The minimum atomic E-state index is -0.375. The van der Waals surface area contributed by atoms with Crippen LogP contribution in [0.3, 0.4) is 0 Å². The highest BCUT2D eigenvalue weighted by Gasteiger charge is 2.43. The first-order valence-corrected chi connectivity index (χ1v) is 16.5. The first-order chi connectivity index (χ1) is 20.8. The summed E-state index contributed by atoms with van der Waals surface area (Å²) in [5.74, 6) is 0.987. The van der Waals surface area contributed by atoms with Gasteiger partial charge in [-0.05, 0) is 39.2 Å². The van der Waals surface area contributed by atoms with Crippen molar-refractivity contribution in [2.24, 2.45) is 0 Å². The summed E-state index contributed by atoms with van der Waals surface area (Å²) in [5, 5.41) is 26.3. The zero-order valence-electron chi connectivity index (χ0n) is 24.6. The Hall–Kier alpha value is -3.57. The monoisotopic (exact) mass is 617 g/mol. The number of aliphatic hydroxyl groups excluding tert-OH is 1. The highest BCUT2D eigenvalue weighted by molar-refractivity contribution is 7.20. The molecular formula is C30H35N9O2S2. The molecule has 2 unspecified atom stereocenters. The summed E-state index contributed by atoms with van der Waals surface area (Å²) in [6, 6.07) is 11.1. The molecule has 1 N–H and O–H groups in total. The van der Waals surface area contributed by atoms with Crippen molar-refractivity contribution in [2.45, 2.75) is 57.7 Å². The highest BCUT2D eigenvalue weighted by atomic mass is 32.1. The second-order valence-electron chi connectivity index (χ2n) is 11.7. The molecule has 6 heterocycles. The number of aliphatic hydroxyl groups is 1. The molecular weight excluding hydrogens is 583 g/mol. The minimum absolute atomic E-state index is 0.115. The van der Waals surface area contributed by atoms with Crippen molar-refractivity contribution in [1.82, 2.24) is 29.4 Å². The predicted molar refractivity (Wildman–Crippen MR) is 168 cm³/mol. The third-order valence-electron chi connectivity index (χ3n) is 8.94. The molecule has 43 heavy (non-hydrogen) atoms. The van der Waals surface area contributed by atoms with Crippen LogP contribution in [0.15, 0.2) is 24.3 Å². The third-order valence-corrected chi connectivity index (χ3v) is 10.9. The number of anilines is 3. The van der Waals surface area contributed by atoms with E-state index >= 15 is 0 Å². The number of likely N-dealkylation sites (tertiary alicyclic amines) is 2. The number of β-amino-alcohol motifs (C(OH)–C–C–N with tert-alkyl or cyclic N) is 1. The molecule has 3 aliphatic rings. The van der Waals surface area contributed by atoms with E-state index in [4.69, 9.17) is 15.1 Å². The number of carbonyl (C=O) groups excluding carboxylic acids is 1. The molecule has 4 aromatic rings. The number of fused-ring (bicyclic) bond motifs is 2. The predicted octanol–water partition coefficient (Wildman–Crippen LogP) is 3.67. The van der Waals surface area contributed by atoms with Gasteiger partial charge in [-0.2, -0.15) is 9.78 Å². The zero-order chi connectivity index (χ0) is 29.8. The maximum atomic E-state index is 12.8. The molecule has 0 spiro atoms. The van der Waals surface area contributed by atoms with Crippen molar-refractivity contribution < 1.29 is 9.90 Å². The van der Waals surface area contributed by atoms with Crippen LogP contribution in [-0.2, 0) is 11.2 Å². The van der Waals surface area contributed by atoms with Crippen LogP contribution in [0.4, 0.5) is 16.1 Å². The molecule has 0 saturated carbocycles. The largest absolute Gasteiger partial charge is 0.389 e. The van der Waals surface area contributed by atoms with Crippen molar-refractivity contribution in [3.8, 4) is 17.3 Å². The smallest absolute Gasteiger partial charge is 0.236 e. The number of aryl methyl sites for hydroxylation is 2. The van der Waals surface area contributed by atoms with Gasteiger partial charge in [0, 0.05) is 44.3 Å². The summed E-state index contributed by atoms with van der Waals surface area (Å²) in [6.07, 6.45) is 3.48. The quantitative estimate of drug-likeness (QED) is 0.332. The minimum Gasteiger partial charge on any atom is -0.389 e. The maximum Gasteiger partial charge on any atom is 0.236 e. The van der Waals surface area contributed by atoms with E-state index in [1.54, 1.807) is 16.2 Å². The van der Waals surface area contributed by atoms with Crippen molar-refractivity contribution >= 4 is 49.6 Å². The fraction of sp³-hybridized carbons (Fsp3) is 0.500. The van der Waals surface area contributed by atoms with Gasteiger partial charge >= 0.3 is 0 Å². The first kappa shape index (κ1) is 28.2. The van der Waals surface area contributed by atoms with E-state index in [-0.39, 0.29) is 12.0 Å². The van der Waals surface area contributed by atoms with Gasteiger partial charge in [0.05, 0.1) is 18.3 Å². The van der Waals surface area contributed by atoms with Crippen LogP contribution in [-0.4, -0.2) is 98.4 Å². The van der Waals surface area contributed by atoms with Crippen LogP contribution < -0.4 is 9.80 Å². The van der Waals surface area contributed by atoms with E-state index in [9.17, 15) is 15.2 Å². The van der Waals surface area contributed by atoms with Gasteiger partial charge in [0.1, 0.15) is 16.6 Å². The summed E-state index contributed by atoms with van der Waals surface area (Å²) in [7, 11) is 1.97. The lowest BCUT2D eigenvalue weighted by Crippen LogP contribution is -2.58. The molecule has 224 valence electrons. The Morgan fingerprint density at radius 2 is 1.93 bits per heavy atom. The molecule has 3 aromatic heterocycles. The van der Waals surface area contributed by atoms with Gasteiger partial charge in [-0.1, -0.05) is 59.4 Å². The summed E-state index contributed by atoms with van der Waals surface area (Å²) in [4.78, 5) is 32.6. The molecule has 2 atom stereocenters. The number of thiazole rings is 1. The standard InChI is InChI=1S/C30H35N9O2S2/c1-4-21-27(35(3)28-33-26(24(14-31)42-28)19-9-7-18(2)8-10-19)39-29(32-21)43-30(34-39)38-13-11-22-23(38)6-5-12-36(22)17-25(41)37-15-20(40)16-37/h7-10,20,22-23,40H,4-6,11-13,15-17H2,1-3H3. The Morgan fingerprint density at radius 1 is 1.14 bits per heavy atom. The van der Waals surface area contributed by atoms with Gasteiger partial charge in [-0.25, -0.2) is 9.97 Å². The van der Waals surface area contributed by atoms with Crippen molar-refractivity contribution in [3.63, 3.8) is 0 Å². The van der Waals surface area contributed by atoms with E-state index in [1.165, 1.54) is 11.3 Å². The van der Waals surface area contributed by atoms with Crippen molar-refractivity contribution in [2.75, 3.05) is 49.6 Å². The molecule has 11 nitrogen and oxygen atoms in total. The molecule has 3 saturated heterocycles. The lowest BCUT2D eigenvalue weighted by Gasteiger charge is -2.42.